The quantitative estimate of drug-likeness (QED) is 0.669. The summed E-state index contributed by atoms with van der Waals surface area (Å²) in [6.07, 6.45) is 2.46. The first kappa shape index (κ1) is 18.1. The van der Waals surface area contributed by atoms with E-state index < -0.39 is 0 Å². The molecular formula is C18H18Cl2N4S. The topological polar surface area (TPSA) is 55.0 Å². The van der Waals surface area contributed by atoms with E-state index in [4.69, 9.17) is 28.9 Å². The minimum Gasteiger partial charge on any atom is -0.339 e. The molecule has 0 amide bonds. The van der Waals surface area contributed by atoms with Crippen molar-refractivity contribution in [1.29, 1.82) is 0 Å². The lowest BCUT2D eigenvalue weighted by Gasteiger charge is -2.27. The van der Waals surface area contributed by atoms with Crippen LogP contribution >= 0.6 is 34.5 Å². The van der Waals surface area contributed by atoms with E-state index in [-0.39, 0.29) is 6.04 Å². The molecule has 3 rings (SSSR count). The summed E-state index contributed by atoms with van der Waals surface area (Å²) >= 11 is 13.9. The molecule has 0 aliphatic rings. The lowest BCUT2D eigenvalue weighted by Crippen LogP contribution is -2.40. The number of nitrogens with zero attached hydrogens (tertiary/aromatic N) is 3. The number of nitrogens with two attached hydrogens (primary N) is 1. The van der Waals surface area contributed by atoms with E-state index in [9.17, 15) is 0 Å². The first-order valence-electron chi connectivity index (χ1n) is 7.82. The van der Waals surface area contributed by atoms with Crippen LogP contribution in [-0.2, 0) is 6.42 Å². The van der Waals surface area contributed by atoms with Crippen LogP contribution in [0.15, 0.2) is 48.0 Å². The Kier molecular flexibility index (Phi) is 5.91. The molecule has 3 aromatic rings. The number of hydrogen-bond acceptors (Lipinski definition) is 5. The number of benzene rings is 1. The molecule has 0 bridgehead atoms. The van der Waals surface area contributed by atoms with Gasteiger partial charge in [0.1, 0.15) is 0 Å². The van der Waals surface area contributed by atoms with Crippen molar-refractivity contribution in [3.05, 3.63) is 63.6 Å². The lowest BCUT2D eigenvalue weighted by molar-refractivity contribution is 0.622. The van der Waals surface area contributed by atoms with Gasteiger partial charge in [-0.2, -0.15) is 0 Å². The smallest absolute Gasteiger partial charge is 0.225 e. The van der Waals surface area contributed by atoms with Gasteiger partial charge in [-0.3, -0.25) is 0 Å². The zero-order valence-electron chi connectivity index (χ0n) is 13.7. The minimum atomic E-state index is 0.0252. The summed E-state index contributed by atoms with van der Waals surface area (Å²) in [5.74, 6) is 0.645. The molecule has 0 aliphatic carbocycles. The van der Waals surface area contributed by atoms with E-state index in [2.05, 4.69) is 9.97 Å². The Labute approximate surface area is 161 Å². The summed E-state index contributed by atoms with van der Waals surface area (Å²) < 4.78 is 0. The summed E-state index contributed by atoms with van der Waals surface area (Å²) in [4.78, 5) is 12.2. The maximum Gasteiger partial charge on any atom is 0.225 e. The van der Waals surface area contributed by atoms with Gasteiger partial charge in [0.05, 0.1) is 10.6 Å². The van der Waals surface area contributed by atoms with Gasteiger partial charge in [0.2, 0.25) is 5.95 Å². The average molecular weight is 393 g/mol. The van der Waals surface area contributed by atoms with Gasteiger partial charge in [-0.15, -0.1) is 11.3 Å². The molecule has 0 radical (unpaired) electrons. The van der Waals surface area contributed by atoms with Crippen LogP contribution < -0.4 is 10.6 Å². The Morgan fingerprint density at radius 1 is 1.24 bits per heavy atom. The van der Waals surface area contributed by atoms with Crippen LogP contribution in [0, 0.1) is 0 Å². The zero-order chi connectivity index (χ0) is 17.8. The van der Waals surface area contributed by atoms with Crippen LogP contribution in [0.5, 0.6) is 0 Å². The molecular weight excluding hydrogens is 375 g/mol. The molecule has 0 saturated carbocycles. The van der Waals surface area contributed by atoms with E-state index in [1.54, 1.807) is 23.6 Å². The van der Waals surface area contributed by atoms with Gasteiger partial charge in [0.25, 0.3) is 0 Å². The fraction of sp³-hybridized carbons (Fsp3) is 0.222. The molecule has 2 heterocycles. The number of hydrogen-bond donors (Lipinski definition) is 1. The highest BCUT2D eigenvalue weighted by Gasteiger charge is 2.18. The Morgan fingerprint density at radius 2 is 2.08 bits per heavy atom. The fourth-order valence-electron chi connectivity index (χ4n) is 2.56. The van der Waals surface area contributed by atoms with Gasteiger partial charge in [-0.05, 0) is 41.6 Å². The Hall–Kier alpha value is -1.66. The number of rotatable bonds is 6. The van der Waals surface area contributed by atoms with E-state index in [0.717, 1.165) is 16.1 Å². The summed E-state index contributed by atoms with van der Waals surface area (Å²) in [5.41, 5.74) is 7.92. The molecule has 7 heteroatoms. The van der Waals surface area contributed by atoms with Crippen molar-refractivity contribution in [1.82, 2.24) is 9.97 Å². The maximum atomic E-state index is 6.30. The summed E-state index contributed by atoms with van der Waals surface area (Å²) in [5, 5.41) is 3.30. The molecule has 130 valence electrons. The molecule has 0 fully saturated rings. The third kappa shape index (κ3) is 4.30. The van der Waals surface area contributed by atoms with Crippen molar-refractivity contribution in [3.8, 4) is 10.6 Å². The third-order valence-corrected chi connectivity index (χ3v) is 5.50. The Morgan fingerprint density at radius 3 is 2.76 bits per heavy atom. The van der Waals surface area contributed by atoms with E-state index in [1.807, 2.05) is 47.7 Å². The standard InChI is InChI=1S/C18H18Cl2N4S/c1-24(14(11-21)9-12-4-5-13(19)10-15(12)20)18-22-7-6-16(23-18)17-3-2-8-25-17/h2-8,10,14H,9,11,21H2,1H3. The van der Waals surface area contributed by atoms with E-state index in [1.165, 1.54) is 0 Å². The van der Waals surface area contributed by atoms with Crippen LogP contribution in [0.1, 0.15) is 5.56 Å². The number of aromatic nitrogens is 2. The molecule has 2 aromatic heterocycles. The predicted molar refractivity (Wildman–Crippen MR) is 107 cm³/mol. The average Bonchev–Trinajstić information content (AvgIpc) is 3.15. The number of anilines is 1. The minimum absolute atomic E-state index is 0.0252. The number of likely N-dealkylation sites (N-methyl/N-ethyl adjacent to an activating group) is 1. The number of thiophene rings is 1. The summed E-state index contributed by atoms with van der Waals surface area (Å²) in [6.45, 7) is 0.460. The normalized spacial score (nSPS) is 12.2. The van der Waals surface area contributed by atoms with Crippen molar-refractivity contribution in [2.75, 3.05) is 18.5 Å². The van der Waals surface area contributed by atoms with Gasteiger partial charge < -0.3 is 10.6 Å². The third-order valence-electron chi connectivity index (χ3n) is 4.02. The summed E-state index contributed by atoms with van der Waals surface area (Å²) in [6, 6.07) is 11.5. The zero-order valence-corrected chi connectivity index (χ0v) is 16.0. The molecule has 2 N–H and O–H groups in total. The van der Waals surface area contributed by atoms with Crippen LogP contribution in [0.4, 0.5) is 5.95 Å². The Balaban J connectivity index is 1.82. The van der Waals surface area contributed by atoms with Crippen molar-refractivity contribution < 1.29 is 0 Å². The second-order valence-electron chi connectivity index (χ2n) is 5.66. The highest BCUT2D eigenvalue weighted by Crippen LogP contribution is 2.26. The van der Waals surface area contributed by atoms with Crippen molar-refractivity contribution in [2.24, 2.45) is 5.73 Å². The maximum absolute atomic E-state index is 6.30. The van der Waals surface area contributed by atoms with Crippen molar-refractivity contribution in [2.45, 2.75) is 12.5 Å². The SMILES string of the molecule is CN(c1nccc(-c2cccs2)n1)C(CN)Cc1ccc(Cl)cc1Cl. The van der Waals surface area contributed by atoms with E-state index in [0.29, 0.717) is 29.0 Å². The van der Waals surface area contributed by atoms with Crippen LogP contribution in [0.2, 0.25) is 10.0 Å². The monoisotopic (exact) mass is 392 g/mol. The van der Waals surface area contributed by atoms with Gasteiger partial charge in [0.15, 0.2) is 0 Å². The lowest BCUT2D eigenvalue weighted by atomic mass is 10.1. The second-order valence-corrected chi connectivity index (χ2v) is 7.45. The highest BCUT2D eigenvalue weighted by molar-refractivity contribution is 7.13. The van der Waals surface area contributed by atoms with Gasteiger partial charge in [0, 0.05) is 35.9 Å². The van der Waals surface area contributed by atoms with Gasteiger partial charge >= 0.3 is 0 Å². The summed E-state index contributed by atoms with van der Waals surface area (Å²) in [7, 11) is 1.95. The van der Waals surface area contributed by atoms with Crippen LogP contribution in [0.25, 0.3) is 10.6 Å². The molecule has 1 unspecified atom stereocenters. The Bertz CT molecular complexity index is 839. The van der Waals surface area contributed by atoms with Crippen molar-refractivity contribution >= 4 is 40.5 Å². The van der Waals surface area contributed by atoms with Crippen LogP contribution in [0.3, 0.4) is 0 Å². The molecule has 25 heavy (non-hydrogen) atoms. The molecule has 1 aromatic carbocycles. The molecule has 0 aliphatic heterocycles. The molecule has 0 saturated heterocycles. The fourth-order valence-corrected chi connectivity index (χ4v) is 3.74. The molecule has 4 nitrogen and oxygen atoms in total. The molecule has 0 spiro atoms. The first-order valence-corrected chi connectivity index (χ1v) is 9.46. The molecule has 1 atom stereocenters. The predicted octanol–water partition coefficient (Wildman–Crippen LogP) is 4.52. The number of halogens is 2. The van der Waals surface area contributed by atoms with Gasteiger partial charge in [-0.1, -0.05) is 35.3 Å². The highest BCUT2D eigenvalue weighted by atomic mass is 35.5. The van der Waals surface area contributed by atoms with Crippen LogP contribution in [-0.4, -0.2) is 29.6 Å². The largest absolute Gasteiger partial charge is 0.339 e. The van der Waals surface area contributed by atoms with Gasteiger partial charge in [-0.25, -0.2) is 9.97 Å². The van der Waals surface area contributed by atoms with Crippen molar-refractivity contribution in [3.63, 3.8) is 0 Å². The first-order chi connectivity index (χ1) is 12.1. The second kappa shape index (κ2) is 8.15. The van der Waals surface area contributed by atoms with E-state index >= 15 is 0 Å².